The third kappa shape index (κ3) is 3.15. The SMILES string of the molecule is c1cc2c(cc1-c1ccc3oc4ccc5c(-c6ccc7c(c6)CCCC7)ccc6oc7ccc1c3c7-c4c65)CCCC2. The molecule has 2 heterocycles. The van der Waals surface area contributed by atoms with E-state index in [4.69, 9.17) is 8.83 Å². The lowest BCUT2D eigenvalue weighted by atomic mass is 9.84. The van der Waals surface area contributed by atoms with Crippen LogP contribution in [0.15, 0.2) is 93.8 Å². The number of aryl methyl sites for hydroxylation is 4. The van der Waals surface area contributed by atoms with Crippen molar-refractivity contribution in [3.05, 3.63) is 107 Å². The van der Waals surface area contributed by atoms with Gasteiger partial charge in [-0.3, -0.25) is 0 Å². The molecule has 0 amide bonds. The van der Waals surface area contributed by atoms with Crippen LogP contribution in [-0.2, 0) is 25.7 Å². The topological polar surface area (TPSA) is 26.3 Å². The molecule has 2 nitrogen and oxygen atoms in total. The van der Waals surface area contributed by atoms with Crippen LogP contribution < -0.4 is 0 Å². The molecule has 0 atom stereocenters. The summed E-state index contributed by atoms with van der Waals surface area (Å²) in [6.07, 6.45) is 9.94. The van der Waals surface area contributed by atoms with Crippen molar-refractivity contribution in [2.75, 3.05) is 0 Å². The Hall–Kier alpha value is -4.56. The third-order valence-corrected chi connectivity index (χ3v) is 10.2. The normalized spacial score (nSPS) is 15.3. The maximum Gasteiger partial charge on any atom is 0.136 e. The minimum atomic E-state index is 0.910. The molecule has 0 saturated heterocycles. The Morgan fingerprint density at radius 3 is 1.29 bits per heavy atom. The van der Waals surface area contributed by atoms with Gasteiger partial charge in [-0.25, -0.2) is 0 Å². The van der Waals surface area contributed by atoms with Crippen molar-refractivity contribution in [3.63, 3.8) is 0 Å². The van der Waals surface area contributed by atoms with Crippen molar-refractivity contribution in [2.24, 2.45) is 0 Å². The fraction of sp³-hybridized carbons (Fsp3) is 0.200. The van der Waals surface area contributed by atoms with E-state index in [1.807, 2.05) is 0 Å². The molecule has 0 radical (unpaired) electrons. The van der Waals surface area contributed by atoms with Crippen LogP contribution in [0.1, 0.15) is 47.9 Å². The van der Waals surface area contributed by atoms with Crippen LogP contribution in [0, 0.1) is 0 Å². The fourth-order valence-electron chi connectivity index (χ4n) is 8.17. The monoisotopic (exact) mass is 542 g/mol. The zero-order chi connectivity index (χ0) is 27.4. The molecule has 0 spiro atoms. The first kappa shape index (κ1) is 23.1. The molecule has 2 aliphatic carbocycles. The summed E-state index contributed by atoms with van der Waals surface area (Å²) in [6.45, 7) is 0. The molecule has 202 valence electrons. The molecule has 0 N–H and O–H groups in total. The van der Waals surface area contributed by atoms with E-state index in [1.165, 1.54) is 118 Å². The molecular formula is C40H30O2. The molecule has 0 unspecified atom stereocenters. The summed E-state index contributed by atoms with van der Waals surface area (Å²) in [5.74, 6) is 0. The van der Waals surface area contributed by atoms with Crippen LogP contribution in [0.3, 0.4) is 0 Å². The summed E-state index contributed by atoms with van der Waals surface area (Å²) in [5.41, 5.74) is 17.1. The lowest BCUT2D eigenvalue weighted by Gasteiger charge is -2.22. The van der Waals surface area contributed by atoms with Crippen LogP contribution in [0.5, 0.6) is 0 Å². The number of hydrogen-bond donors (Lipinski definition) is 0. The molecule has 42 heavy (non-hydrogen) atoms. The van der Waals surface area contributed by atoms with E-state index in [2.05, 4.69) is 84.9 Å². The molecule has 2 heteroatoms. The van der Waals surface area contributed by atoms with E-state index < -0.39 is 0 Å². The number of rotatable bonds is 2. The zero-order valence-electron chi connectivity index (χ0n) is 23.6. The van der Waals surface area contributed by atoms with Crippen LogP contribution >= 0.6 is 0 Å². The van der Waals surface area contributed by atoms with Crippen molar-refractivity contribution in [3.8, 4) is 33.4 Å². The van der Waals surface area contributed by atoms with Gasteiger partial charge in [0, 0.05) is 21.9 Å². The Bertz CT molecular complexity index is 2140. The van der Waals surface area contributed by atoms with Gasteiger partial charge in [-0.1, -0.05) is 48.5 Å². The number of hydrogen-bond acceptors (Lipinski definition) is 2. The lowest BCUT2D eigenvalue weighted by Crippen LogP contribution is -2.02. The van der Waals surface area contributed by atoms with Gasteiger partial charge in [0.15, 0.2) is 0 Å². The Morgan fingerprint density at radius 1 is 0.381 bits per heavy atom. The summed E-state index contributed by atoms with van der Waals surface area (Å²) >= 11 is 0. The van der Waals surface area contributed by atoms with Crippen molar-refractivity contribution in [1.82, 2.24) is 0 Å². The Kier molecular flexibility index (Phi) is 4.66. The minimum absolute atomic E-state index is 0.910. The second kappa shape index (κ2) is 8.49. The molecule has 6 aromatic carbocycles. The van der Waals surface area contributed by atoms with Crippen LogP contribution in [0.25, 0.3) is 77.3 Å². The number of benzene rings is 6. The van der Waals surface area contributed by atoms with Crippen molar-refractivity contribution < 1.29 is 8.83 Å². The highest BCUT2D eigenvalue weighted by Gasteiger charge is 2.26. The highest BCUT2D eigenvalue weighted by atomic mass is 16.3. The lowest BCUT2D eigenvalue weighted by molar-refractivity contribution is 0.646. The molecule has 0 bridgehead atoms. The van der Waals surface area contributed by atoms with Gasteiger partial charge in [0.25, 0.3) is 0 Å². The van der Waals surface area contributed by atoms with Crippen LogP contribution in [0.2, 0.25) is 0 Å². The molecule has 0 fully saturated rings. The van der Waals surface area contributed by atoms with Crippen molar-refractivity contribution >= 4 is 43.9 Å². The summed E-state index contributed by atoms with van der Waals surface area (Å²) in [4.78, 5) is 0. The van der Waals surface area contributed by atoms with Crippen LogP contribution in [0.4, 0.5) is 0 Å². The first-order chi connectivity index (χ1) is 20.8. The second-order valence-electron chi connectivity index (χ2n) is 12.5. The maximum absolute atomic E-state index is 6.69. The Labute approximate surface area is 244 Å². The quantitative estimate of drug-likeness (QED) is 0.160. The van der Waals surface area contributed by atoms with Gasteiger partial charge in [-0.2, -0.15) is 0 Å². The largest absolute Gasteiger partial charge is 0.456 e. The average Bonchev–Trinajstić information content (AvgIpc) is 3.05. The van der Waals surface area contributed by atoms with Crippen LogP contribution in [-0.4, -0.2) is 0 Å². The van der Waals surface area contributed by atoms with Crippen molar-refractivity contribution in [2.45, 2.75) is 51.4 Å². The second-order valence-corrected chi connectivity index (χ2v) is 12.5. The van der Waals surface area contributed by atoms with Gasteiger partial charge in [0.1, 0.15) is 22.3 Å². The van der Waals surface area contributed by atoms with E-state index in [1.54, 1.807) is 0 Å². The summed E-state index contributed by atoms with van der Waals surface area (Å²) in [5, 5.41) is 4.77. The molecule has 4 aliphatic rings. The van der Waals surface area contributed by atoms with E-state index in [9.17, 15) is 0 Å². The van der Waals surface area contributed by atoms with Gasteiger partial charge in [-0.05, 0) is 143 Å². The smallest absolute Gasteiger partial charge is 0.136 e. The Morgan fingerprint density at radius 2 is 0.810 bits per heavy atom. The highest BCUT2D eigenvalue weighted by Crippen LogP contribution is 2.50. The van der Waals surface area contributed by atoms with Gasteiger partial charge in [0.2, 0.25) is 0 Å². The first-order valence-electron chi connectivity index (χ1n) is 15.6. The molecule has 2 aliphatic heterocycles. The molecule has 10 rings (SSSR count). The Balaban J connectivity index is 1.24. The predicted octanol–water partition coefficient (Wildman–Crippen LogP) is 11.1. The van der Waals surface area contributed by atoms with Gasteiger partial charge < -0.3 is 8.83 Å². The average molecular weight is 543 g/mol. The summed E-state index contributed by atoms with van der Waals surface area (Å²) in [7, 11) is 0. The van der Waals surface area contributed by atoms with Gasteiger partial charge in [0.05, 0.1) is 0 Å². The van der Waals surface area contributed by atoms with Gasteiger partial charge >= 0.3 is 0 Å². The summed E-state index contributed by atoms with van der Waals surface area (Å²) < 4.78 is 13.4. The molecule has 6 aromatic rings. The minimum Gasteiger partial charge on any atom is -0.456 e. The number of fused-ring (bicyclic) bond motifs is 2. The van der Waals surface area contributed by atoms with E-state index >= 15 is 0 Å². The van der Waals surface area contributed by atoms with E-state index in [0.29, 0.717) is 0 Å². The molecular weight excluding hydrogens is 512 g/mol. The summed E-state index contributed by atoms with van der Waals surface area (Å²) in [6, 6.07) is 31.8. The van der Waals surface area contributed by atoms with E-state index in [0.717, 1.165) is 33.1 Å². The first-order valence-corrected chi connectivity index (χ1v) is 15.6. The maximum atomic E-state index is 6.69. The predicted molar refractivity (Wildman–Crippen MR) is 173 cm³/mol. The third-order valence-electron chi connectivity index (χ3n) is 10.2. The zero-order valence-corrected chi connectivity index (χ0v) is 23.6. The highest BCUT2D eigenvalue weighted by molar-refractivity contribution is 6.26. The van der Waals surface area contributed by atoms with Gasteiger partial charge in [-0.15, -0.1) is 0 Å². The van der Waals surface area contributed by atoms with E-state index in [-0.39, 0.29) is 0 Å². The molecule has 0 saturated carbocycles. The standard InChI is InChI=1S/C40H30O2/c1-3-7-25-21-27(11-9-23(25)5-1)29-13-17-33-37-31(29)15-19-35-39(37)40-36(41-33)20-16-32-30(14-18-34(42-35)38(32)40)28-12-10-24-6-2-4-8-26(24)22-28/h9-22H,1-8H2. The molecule has 0 aromatic heterocycles. The van der Waals surface area contributed by atoms with Crippen molar-refractivity contribution in [1.29, 1.82) is 0 Å². The fourth-order valence-corrected chi connectivity index (χ4v) is 8.17.